The first-order chi connectivity index (χ1) is 13.2. The van der Waals surface area contributed by atoms with Crippen LogP contribution in [0.2, 0.25) is 0 Å². The molecule has 27 heavy (non-hydrogen) atoms. The quantitative estimate of drug-likeness (QED) is 0.430. The number of carbonyl (C=O) groups excluding carboxylic acids is 1. The van der Waals surface area contributed by atoms with Gasteiger partial charge >= 0.3 is 0 Å². The van der Waals surface area contributed by atoms with Gasteiger partial charge in [-0.3, -0.25) is 4.79 Å². The molecule has 3 unspecified atom stereocenters. The number of nitrogens with zero attached hydrogens (tertiary/aromatic N) is 1. The lowest BCUT2D eigenvalue weighted by molar-refractivity contribution is -0.129. The highest BCUT2D eigenvalue weighted by atomic mass is 16.2. The molecular formula is C25H29NO. The van der Waals surface area contributed by atoms with Crippen LogP contribution in [0.4, 0.5) is 5.69 Å². The van der Waals surface area contributed by atoms with Crippen LogP contribution in [0.25, 0.3) is 0 Å². The van der Waals surface area contributed by atoms with E-state index in [9.17, 15) is 4.79 Å². The normalized spacial score (nSPS) is 21.4. The number of hydrogen-bond acceptors (Lipinski definition) is 1. The number of carbonyl (C=O) groups is 1. The van der Waals surface area contributed by atoms with E-state index in [2.05, 4.69) is 62.4 Å². The zero-order chi connectivity index (χ0) is 19.2. The van der Waals surface area contributed by atoms with E-state index in [1.165, 1.54) is 11.1 Å². The first-order valence-electron chi connectivity index (χ1n) is 9.89. The van der Waals surface area contributed by atoms with E-state index >= 15 is 0 Å². The van der Waals surface area contributed by atoms with Crippen molar-refractivity contribution in [1.29, 1.82) is 0 Å². The highest BCUT2D eigenvalue weighted by Crippen LogP contribution is 2.40. The second kappa shape index (κ2) is 8.85. The third-order valence-electron chi connectivity index (χ3n) is 5.56. The molecule has 2 heteroatoms. The molecule has 1 aliphatic heterocycles. The predicted molar refractivity (Wildman–Crippen MR) is 114 cm³/mol. The van der Waals surface area contributed by atoms with Crippen LogP contribution in [0.5, 0.6) is 0 Å². The van der Waals surface area contributed by atoms with Gasteiger partial charge in [0.05, 0.1) is 12.0 Å². The maximum atomic E-state index is 13.0. The number of amides is 1. The van der Waals surface area contributed by atoms with Crippen LogP contribution in [-0.4, -0.2) is 11.9 Å². The molecule has 0 bridgehead atoms. The smallest absolute Gasteiger partial charge is 0.233 e. The molecule has 0 N–H and O–H groups in total. The Balaban J connectivity index is 1.78. The van der Waals surface area contributed by atoms with Crippen molar-refractivity contribution in [3.8, 4) is 0 Å². The first-order valence-corrected chi connectivity index (χ1v) is 9.89. The van der Waals surface area contributed by atoms with Crippen molar-refractivity contribution < 1.29 is 4.79 Å². The maximum absolute atomic E-state index is 13.0. The maximum Gasteiger partial charge on any atom is 0.233 e. The fraction of sp³-hybridized carbons (Fsp3) is 0.320. The monoisotopic (exact) mass is 359 g/mol. The molecule has 1 fully saturated rings. The number of β-lactam (4-membered cyclic amide) rings is 1. The lowest BCUT2D eigenvalue weighted by Gasteiger charge is -2.48. The Labute approximate surface area is 163 Å². The van der Waals surface area contributed by atoms with Gasteiger partial charge in [-0.05, 0) is 55.9 Å². The third-order valence-corrected chi connectivity index (χ3v) is 5.56. The van der Waals surface area contributed by atoms with Gasteiger partial charge in [0.25, 0.3) is 0 Å². The van der Waals surface area contributed by atoms with Crippen molar-refractivity contribution in [3.05, 3.63) is 90.0 Å². The topological polar surface area (TPSA) is 20.3 Å². The van der Waals surface area contributed by atoms with Gasteiger partial charge in [-0.1, -0.05) is 73.7 Å². The molecule has 0 aromatic heterocycles. The van der Waals surface area contributed by atoms with Crippen LogP contribution < -0.4 is 4.90 Å². The highest BCUT2D eigenvalue weighted by molar-refractivity contribution is 6.04. The van der Waals surface area contributed by atoms with E-state index in [1.807, 2.05) is 42.2 Å². The summed E-state index contributed by atoms with van der Waals surface area (Å²) in [6.45, 7) is 6.35. The molecule has 140 valence electrons. The molecule has 1 aliphatic rings. The van der Waals surface area contributed by atoms with Gasteiger partial charge in [0.15, 0.2) is 0 Å². The van der Waals surface area contributed by atoms with Gasteiger partial charge in [-0.15, -0.1) is 0 Å². The van der Waals surface area contributed by atoms with Crippen LogP contribution in [0.1, 0.15) is 45.1 Å². The molecule has 1 saturated heterocycles. The summed E-state index contributed by atoms with van der Waals surface area (Å²) in [7, 11) is 0. The molecule has 0 spiro atoms. The molecule has 2 aromatic carbocycles. The SMILES string of the molecule is C/C=C\C(=C/C)C1C(CCC(C)c2ccccc2)C(=O)N1c1ccccc1. The predicted octanol–water partition coefficient (Wildman–Crippen LogP) is 6.12. The molecule has 1 amide bonds. The zero-order valence-electron chi connectivity index (χ0n) is 16.5. The molecule has 3 rings (SSSR count). The summed E-state index contributed by atoms with van der Waals surface area (Å²) in [6, 6.07) is 20.7. The second-order valence-corrected chi connectivity index (χ2v) is 7.27. The summed E-state index contributed by atoms with van der Waals surface area (Å²) in [4.78, 5) is 15.0. The zero-order valence-corrected chi connectivity index (χ0v) is 16.5. The van der Waals surface area contributed by atoms with Gasteiger partial charge in [-0.25, -0.2) is 0 Å². The van der Waals surface area contributed by atoms with Crippen LogP contribution in [0, 0.1) is 5.92 Å². The number of benzene rings is 2. The van der Waals surface area contributed by atoms with Gasteiger partial charge in [-0.2, -0.15) is 0 Å². The lowest BCUT2D eigenvalue weighted by Crippen LogP contribution is -2.62. The fourth-order valence-corrected chi connectivity index (χ4v) is 4.02. The molecule has 0 saturated carbocycles. The Hall–Kier alpha value is -2.61. The molecule has 3 atom stereocenters. The minimum atomic E-state index is 0.0544. The minimum Gasteiger partial charge on any atom is -0.304 e. The lowest BCUT2D eigenvalue weighted by atomic mass is 9.77. The van der Waals surface area contributed by atoms with E-state index < -0.39 is 0 Å². The summed E-state index contributed by atoms with van der Waals surface area (Å²) in [6.07, 6.45) is 8.27. The number of anilines is 1. The Morgan fingerprint density at radius 3 is 2.26 bits per heavy atom. The summed E-state index contributed by atoms with van der Waals surface area (Å²) >= 11 is 0. The first kappa shape index (κ1) is 19.2. The number of rotatable bonds is 7. The summed E-state index contributed by atoms with van der Waals surface area (Å²) < 4.78 is 0. The van der Waals surface area contributed by atoms with Crippen molar-refractivity contribution >= 4 is 11.6 Å². The standard InChI is InChI=1S/C25H29NO/c1-4-12-20(5-2)24-23(18-17-19(3)21-13-8-6-9-14-21)25(27)26(24)22-15-10-7-11-16-22/h4-16,19,23-24H,17-18H2,1-3H3/b12-4-,20-5+. The molecule has 0 aliphatic carbocycles. The van der Waals surface area contributed by atoms with Crippen molar-refractivity contribution in [2.45, 2.75) is 45.6 Å². The van der Waals surface area contributed by atoms with E-state index in [4.69, 9.17) is 0 Å². The second-order valence-electron chi connectivity index (χ2n) is 7.27. The molecule has 1 heterocycles. The van der Waals surface area contributed by atoms with Gasteiger partial charge in [0, 0.05) is 5.69 Å². The fourth-order valence-electron chi connectivity index (χ4n) is 4.02. The van der Waals surface area contributed by atoms with Gasteiger partial charge in [0.2, 0.25) is 5.91 Å². The van der Waals surface area contributed by atoms with Crippen LogP contribution >= 0.6 is 0 Å². The van der Waals surface area contributed by atoms with Crippen molar-refractivity contribution in [1.82, 2.24) is 0 Å². The Morgan fingerprint density at radius 2 is 1.67 bits per heavy atom. The number of hydrogen-bond donors (Lipinski definition) is 0. The Kier molecular flexibility index (Phi) is 6.28. The summed E-state index contributed by atoms with van der Waals surface area (Å²) in [5.41, 5.74) is 3.56. The van der Waals surface area contributed by atoms with E-state index in [0.717, 1.165) is 18.5 Å². The van der Waals surface area contributed by atoms with Crippen molar-refractivity contribution in [2.24, 2.45) is 5.92 Å². The van der Waals surface area contributed by atoms with E-state index in [1.54, 1.807) is 0 Å². The Morgan fingerprint density at radius 1 is 1.04 bits per heavy atom. The largest absolute Gasteiger partial charge is 0.304 e. The van der Waals surface area contributed by atoms with Crippen molar-refractivity contribution in [3.63, 3.8) is 0 Å². The average Bonchev–Trinajstić information content (AvgIpc) is 2.72. The van der Waals surface area contributed by atoms with Crippen LogP contribution in [0.15, 0.2) is 84.5 Å². The van der Waals surface area contributed by atoms with E-state index in [0.29, 0.717) is 5.92 Å². The number of allylic oxidation sites excluding steroid dienone is 2. The van der Waals surface area contributed by atoms with Crippen molar-refractivity contribution in [2.75, 3.05) is 4.90 Å². The molecule has 2 aromatic rings. The summed E-state index contributed by atoms with van der Waals surface area (Å²) in [5.74, 6) is 0.760. The molecule has 2 nitrogen and oxygen atoms in total. The third kappa shape index (κ3) is 4.05. The Bertz CT molecular complexity index is 807. The highest BCUT2D eigenvalue weighted by Gasteiger charge is 2.48. The summed E-state index contributed by atoms with van der Waals surface area (Å²) in [5, 5.41) is 0. The van der Waals surface area contributed by atoms with Crippen LogP contribution in [-0.2, 0) is 4.79 Å². The van der Waals surface area contributed by atoms with Crippen LogP contribution in [0.3, 0.4) is 0 Å². The van der Waals surface area contributed by atoms with Gasteiger partial charge in [0.1, 0.15) is 0 Å². The molecule has 0 radical (unpaired) electrons. The number of para-hydroxylation sites is 1. The van der Waals surface area contributed by atoms with Gasteiger partial charge < -0.3 is 4.90 Å². The van der Waals surface area contributed by atoms with E-state index in [-0.39, 0.29) is 17.9 Å². The molecular weight excluding hydrogens is 330 g/mol. The minimum absolute atomic E-state index is 0.0544. The average molecular weight is 360 g/mol.